The molecular formula is C16H14N4O3S2. The van der Waals surface area contributed by atoms with Gasteiger partial charge >= 0.3 is 0 Å². The number of nitro benzene ring substituents is 1. The van der Waals surface area contributed by atoms with Crippen molar-refractivity contribution in [3.63, 3.8) is 0 Å². The summed E-state index contributed by atoms with van der Waals surface area (Å²) in [5, 5.41) is 23.1. The summed E-state index contributed by atoms with van der Waals surface area (Å²) in [7, 11) is 1.61. The molecule has 0 unspecified atom stereocenters. The van der Waals surface area contributed by atoms with Crippen molar-refractivity contribution in [2.75, 3.05) is 12.4 Å². The van der Waals surface area contributed by atoms with Crippen molar-refractivity contribution >= 4 is 39.6 Å². The summed E-state index contributed by atoms with van der Waals surface area (Å²) in [6, 6.07) is 14.2. The molecule has 1 aromatic heterocycles. The molecule has 0 aliphatic rings. The van der Waals surface area contributed by atoms with Crippen LogP contribution in [0, 0.1) is 10.1 Å². The highest BCUT2D eigenvalue weighted by Gasteiger charge is 2.14. The van der Waals surface area contributed by atoms with Crippen LogP contribution in [0.1, 0.15) is 5.56 Å². The zero-order chi connectivity index (χ0) is 17.6. The first-order valence-corrected chi connectivity index (χ1v) is 9.06. The molecule has 0 saturated carbocycles. The monoisotopic (exact) mass is 374 g/mol. The Kier molecular flexibility index (Phi) is 5.46. The third kappa shape index (κ3) is 4.25. The van der Waals surface area contributed by atoms with Gasteiger partial charge in [-0.25, -0.2) is 0 Å². The number of nitrogens with one attached hydrogen (secondary N) is 1. The minimum atomic E-state index is -0.370. The van der Waals surface area contributed by atoms with Crippen molar-refractivity contribution in [1.82, 2.24) is 10.2 Å². The van der Waals surface area contributed by atoms with Crippen LogP contribution in [0.3, 0.4) is 0 Å². The number of benzene rings is 2. The second-order valence-electron chi connectivity index (χ2n) is 4.87. The van der Waals surface area contributed by atoms with E-state index in [9.17, 15) is 10.1 Å². The van der Waals surface area contributed by atoms with Crippen LogP contribution in [0.4, 0.5) is 16.5 Å². The number of hydrogen-bond donors (Lipinski definition) is 1. The van der Waals surface area contributed by atoms with Crippen molar-refractivity contribution in [1.29, 1.82) is 0 Å². The lowest BCUT2D eigenvalue weighted by atomic mass is 10.2. The number of ether oxygens (including phenoxy) is 1. The maximum atomic E-state index is 11.0. The number of aromatic nitrogens is 2. The van der Waals surface area contributed by atoms with Gasteiger partial charge in [-0.3, -0.25) is 10.1 Å². The topological polar surface area (TPSA) is 90.2 Å². The smallest absolute Gasteiger partial charge is 0.273 e. The summed E-state index contributed by atoms with van der Waals surface area (Å²) in [4.78, 5) is 10.7. The Morgan fingerprint density at radius 2 is 1.96 bits per heavy atom. The van der Waals surface area contributed by atoms with E-state index in [-0.39, 0.29) is 10.6 Å². The summed E-state index contributed by atoms with van der Waals surface area (Å²) in [5.74, 6) is 1.17. The van der Waals surface area contributed by atoms with Crippen LogP contribution >= 0.6 is 23.1 Å². The van der Waals surface area contributed by atoms with Crippen LogP contribution in [0.15, 0.2) is 52.9 Å². The van der Waals surface area contributed by atoms with Crippen molar-refractivity contribution in [3.8, 4) is 5.75 Å². The van der Waals surface area contributed by atoms with Gasteiger partial charge in [0.25, 0.3) is 5.69 Å². The molecule has 1 N–H and O–H groups in total. The van der Waals surface area contributed by atoms with E-state index in [2.05, 4.69) is 15.5 Å². The van der Waals surface area contributed by atoms with E-state index in [1.807, 2.05) is 24.3 Å². The predicted molar refractivity (Wildman–Crippen MR) is 98.8 cm³/mol. The molecule has 0 saturated heterocycles. The van der Waals surface area contributed by atoms with Crippen LogP contribution in [0.25, 0.3) is 0 Å². The quantitative estimate of drug-likeness (QED) is 0.370. The van der Waals surface area contributed by atoms with Gasteiger partial charge in [0.15, 0.2) is 4.34 Å². The molecule has 128 valence electrons. The highest BCUT2D eigenvalue weighted by molar-refractivity contribution is 8.00. The number of anilines is 2. The number of thioether (sulfide) groups is 1. The fourth-order valence-electron chi connectivity index (χ4n) is 2.13. The number of hydrogen-bond acceptors (Lipinski definition) is 8. The van der Waals surface area contributed by atoms with Crippen LogP contribution in [0.2, 0.25) is 0 Å². The summed E-state index contributed by atoms with van der Waals surface area (Å²) >= 11 is 2.80. The average molecular weight is 374 g/mol. The van der Waals surface area contributed by atoms with E-state index in [0.29, 0.717) is 22.2 Å². The number of para-hydroxylation sites is 3. The Morgan fingerprint density at radius 3 is 2.76 bits per heavy atom. The molecule has 3 rings (SSSR count). The maximum Gasteiger partial charge on any atom is 0.273 e. The molecule has 0 radical (unpaired) electrons. The molecular weight excluding hydrogens is 360 g/mol. The van der Waals surface area contributed by atoms with E-state index in [1.54, 1.807) is 25.3 Å². The number of rotatable bonds is 7. The first-order valence-electron chi connectivity index (χ1n) is 7.26. The Labute approximate surface area is 152 Å². The van der Waals surface area contributed by atoms with E-state index in [0.717, 1.165) is 10.0 Å². The maximum absolute atomic E-state index is 11.0. The third-order valence-electron chi connectivity index (χ3n) is 3.29. The van der Waals surface area contributed by atoms with E-state index >= 15 is 0 Å². The first-order chi connectivity index (χ1) is 12.2. The van der Waals surface area contributed by atoms with Gasteiger partial charge in [0.1, 0.15) is 5.75 Å². The molecule has 25 heavy (non-hydrogen) atoms. The molecule has 7 nitrogen and oxygen atoms in total. The summed E-state index contributed by atoms with van der Waals surface area (Å²) in [6.07, 6.45) is 0. The fourth-order valence-corrected chi connectivity index (χ4v) is 3.89. The second-order valence-corrected chi connectivity index (χ2v) is 7.07. The van der Waals surface area contributed by atoms with Gasteiger partial charge in [-0.2, -0.15) is 0 Å². The first kappa shape index (κ1) is 17.2. The summed E-state index contributed by atoms with van der Waals surface area (Å²) in [6.45, 7) is 0. The Bertz CT molecular complexity index is 885. The van der Waals surface area contributed by atoms with Crippen LogP contribution in [-0.2, 0) is 5.75 Å². The van der Waals surface area contributed by atoms with E-state index in [1.165, 1.54) is 29.2 Å². The Morgan fingerprint density at radius 1 is 1.20 bits per heavy atom. The van der Waals surface area contributed by atoms with E-state index in [4.69, 9.17) is 4.74 Å². The number of methoxy groups -OCH3 is 1. The van der Waals surface area contributed by atoms with Gasteiger partial charge in [-0.15, -0.1) is 10.2 Å². The SMILES string of the molecule is COc1ccccc1Nc1nnc(SCc2ccccc2[N+](=O)[O-])s1. The van der Waals surface area contributed by atoms with Gasteiger partial charge in [0.2, 0.25) is 5.13 Å². The molecule has 0 amide bonds. The van der Waals surface area contributed by atoms with Gasteiger partial charge in [-0.1, -0.05) is 53.4 Å². The third-order valence-corrected chi connectivity index (χ3v) is 5.32. The van der Waals surface area contributed by atoms with Gasteiger partial charge < -0.3 is 10.1 Å². The molecule has 0 aliphatic carbocycles. The van der Waals surface area contributed by atoms with E-state index < -0.39 is 0 Å². The second kappa shape index (κ2) is 7.95. The molecule has 2 aromatic carbocycles. The van der Waals surface area contributed by atoms with Crippen LogP contribution in [-0.4, -0.2) is 22.2 Å². The summed E-state index contributed by atoms with van der Waals surface area (Å²) in [5.41, 5.74) is 1.58. The van der Waals surface area contributed by atoms with Crippen molar-refractivity contribution in [3.05, 3.63) is 64.2 Å². The number of nitro groups is 1. The predicted octanol–water partition coefficient (Wildman–Crippen LogP) is 4.49. The molecule has 9 heteroatoms. The lowest BCUT2D eigenvalue weighted by molar-refractivity contribution is -0.385. The zero-order valence-electron chi connectivity index (χ0n) is 13.2. The molecule has 0 aliphatic heterocycles. The molecule has 1 heterocycles. The van der Waals surface area contributed by atoms with Crippen molar-refractivity contribution in [2.45, 2.75) is 10.1 Å². The lowest BCUT2D eigenvalue weighted by Crippen LogP contribution is -1.93. The minimum absolute atomic E-state index is 0.117. The number of nitrogens with zero attached hydrogens (tertiary/aromatic N) is 3. The van der Waals surface area contributed by atoms with Crippen molar-refractivity contribution < 1.29 is 9.66 Å². The normalized spacial score (nSPS) is 10.4. The molecule has 3 aromatic rings. The van der Waals surface area contributed by atoms with Gasteiger partial charge in [-0.05, 0) is 12.1 Å². The average Bonchev–Trinajstić information content (AvgIpc) is 3.08. The standard InChI is InChI=1S/C16H14N4O3S2/c1-23-14-9-5-3-7-12(14)17-15-18-19-16(25-15)24-10-11-6-2-4-8-13(11)20(21)22/h2-9H,10H2,1H3,(H,17,18). The minimum Gasteiger partial charge on any atom is -0.495 e. The highest BCUT2D eigenvalue weighted by atomic mass is 32.2. The van der Waals surface area contributed by atoms with Crippen molar-refractivity contribution in [2.24, 2.45) is 0 Å². The van der Waals surface area contributed by atoms with Crippen LogP contribution in [0.5, 0.6) is 5.75 Å². The fraction of sp³-hybridized carbons (Fsp3) is 0.125. The highest BCUT2D eigenvalue weighted by Crippen LogP contribution is 2.33. The Hall–Kier alpha value is -2.65. The largest absolute Gasteiger partial charge is 0.495 e. The zero-order valence-corrected chi connectivity index (χ0v) is 14.8. The molecule has 0 atom stereocenters. The molecule has 0 fully saturated rings. The lowest BCUT2D eigenvalue weighted by Gasteiger charge is -2.07. The molecule has 0 bridgehead atoms. The van der Waals surface area contributed by atoms with Gasteiger partial charge in [0, 0.05) is 17.4 Å². The molecule has 0 spiro atoms. The van der Waals surface area contributed by atoms with Crippen LogP contribution < -0.4 is 10.1 Å². The Balaban J connectivity index is 1.67. The van der Waals surface area contributed by atoms with Gasteiger partial charge in [0.05, 0.1) is 17.7 Å². The summed E-state index contributed by atoms with van der Waals surface area (Å²) < 4.78 is 6.02.